The summed E-state index contributed by atoms with van der Waals surface area (Å²) >= 11 is 0. The molecule has 22 heavy (non-hydrogen) atoms. The van der Waals surface area contributed by atoms with E-state index >= 15 is 0 Å². The third-order valence-electron chi connectivity index (χ3n) is 3.33. The second-order valence-electron chi connectivity index (χ2n) is 4.88. The average Bonchev–Trinajstić information content (AvgIpc) is 3.08. The lowest BCUT2D eigenvalue weighted by Gasteiger charge is -2.13. The normalized spacial score (nSPS) is 20.5. The summed E-state index contributed by atoms with van der Waals surface area (Å²) in [6.07, 6.45) is -1.66. The van der Waals surface area contributed by atoms with Crippen molar-refractivity contribution in [3.05, 3.63) is 42.5 Å². The number of halogens is 3. The van der Waals surface area contributed by atoms with Gasteiger partial charge in [0, 0.05) is 5.92 Å². The molecule has 1 saturated carbocycles. The van der Waals surface area contributed by atoms with Gasteiger partial charge >= 0.3 is 6.36 Å². The Morgan fingerprint density at radius 1 is 1.27 bits per heavy atom. The van der Waals surface area contributed by atoms with Crippen LogP contribution in [0.15, 0.2) is 36.9 Å². The number of carbonyl (C=O) groups excluding carboxylic acids is 1. The molecule has 1 amide bonds. The number of hydrogen-bond acceptors (Lipinski definition) is 4. The van der Waals surface area contributed by atoms with Crippen molar-refractivity contribution < 1.29 is 22.7 Å². The van der Waals surface area contributed by atoms with Crippen molar-refractivity contribution in [2.45, 2.75) is 18.7 Å². The van der Waals surface area contributed by atoms with E-state index in [1.165, 1.54) is 35.5 Å². The molecule has 6 nitrogen and oxygen atoms in total. The van der Waals surface area contributed by atoms with Gasteiger partial charge in [0.25, 0.3) is 0 Å². The van der Waals surface area contributed by atoms with Crippen molar-refractivity contribution in [2.24, 2.45) is 5.92 Å². The lowest BCUT2D eigenvalue weighted by Crippen LogP contribution is -2.23. The van der Waals surface area contributed by atoms with Gasteiger partial charge in [-0.25, -0.2) is 4.68 Å². The van der Waals surface area contributed by atoms with Gasteiger partial charge in [0.05, 0.1) is 0 Å². The van der Waals surface area contributed by atoms with Crippen LogP contribution in [0.3, 0.4) is 0 Å². The molecule has 3 rings (SSSR count). The van der Waals surface area contributed by atoms with Crippen LogP contribution in [-0.2, 0) is 4.79 Å². The van der Waals surface area contributed by atoms with Gasteiger partial charge in [-0.1, -0.05) is 18.2 Å². The first-order valence-corrected chi connectivity index (χ1v) is 6.44. The van der Waals surface area contributed by atoms with Crippen LogP contribution in [0.5, 0.6) is 5.75 Å². The molecule has 1 fully saturated rings. The highest BCUT2D eigenvalue weighted by Gasteiger charge is 2.46. The van der Waals surface area contributed by atoms with E-state index in [1.807, 2.05) is 0 Å². The van der Waals surface area contributed by atoms with Crippen molar-refractivity contribution in [3.8, 4) is 5.75 Å². The fraction of sp³-hybridized carbons (Fsp3) is 0.308. The first-order valence-electron chi connectivity index (χ1n) is 6.44. The van der Waals surface area contributed by atoms with Gasteiger partial charge in [0.1, 0.15) is 18.4 Å². The molecule has 2 aromatic rings. The summed E-state index contributed by atoms with van der Waals surface area (Å²) in [7, 11) is 0. The van der Waals surface area contributed by atoms with Crippen LogP contribution in [-0.4, -0.2) is 27.1 Å². The summed E-state index contributed by atoms with van der Waals surface area (Å²) in [6.45, 7) is 0. The molecule has 0 saturated heterocycles. The summed E-state index contributed by atoms with van der Waals surface area (Å²) in [5.41, 5.74) is 2.92. The maximum atomic E-state index is 12.4. The van der Waals surface area contributed by atoms with E-state index in [2.05, 4.69) is 20.4 Å². The summed E-state index contributed by atoms with van der Waals surface area (Å²) in [5, 5.41) is 7.08. The molecule has 9 heteroatoms. The zero-order valence-corrected chi connectivity index (χ0v) is 11.1. The molecule has 0 bridgehead atoms. The first-order chi connectivity index (χ1) is 10.4. The van der Waals surface area contributed by atoms with Gasteiger partial charge in [-0.2, -0.15) is 0 Å². The Morgan fingerprint density at radius 2 is 1.95 bits per heavy atom. The summed E-state index contributed by atoms with van der Waals surface area (Å²) in [5.74, 6) is -1.26. The lowest BCUT2D eigenvalue weighted by atomic mass is 10.1. The van der Waals surface area contributed by atoms with Gasteiger partial charge in [0.2, 0.25) is 5.91 Å². The van der Waals surface area contributed by atoms with Gasteiger partial charge in [-0.15, -0.1) is 23.4 Å². The molecule has 0 unspecified atom stereocenters. The highest BCUT2D eigenvalue weighted by atomic mass is 19.4. The Kier molecular flexibility index (Phi) is 3.47. The molecule has 116 valence electrons. The maximum absolute atomic E-state index is 12.4. The molecule has 1 aliphatic carbocycles. The number of alkyl halides is 3. The number of benzene rings is 1. The molecule has 0 radical (unpaired) electrons. The zero-order chi connectivity index (χ0) is 15.7. The van der Waals surface area contributed by atoms with E-state index in [0.717, 1.165) is 0 Å². The second kappa shape index (κ2) is 5.32. The van der Waals surface area contributed by atoms with E-state index in [9.17, 15) is 18.0 Å². The smallest absolute Gasteiger partial charge is 0.405 e. The number of para-hydroxylation sites is 1. The van der Waals surface area contributed by atoms with Crippen LogP contribution in [0, 0.1) is 5.92 Å². The molecule has 1 heterocycles. The topological polar surface area (TPSA) is 69.0 Å². The zero-order valence-electron chi connectivity index (χ0n) is 11.1. The number of carbonyl (C=O) groups is 1. The Bertz CT molecular complexity index is 672. The largest absolute Gasteiger partial charge is 0.573 e. The Morgan fingerprint density at radius 3 is 2.64 bits per heavy atom. The predicted octanol–water partition coefficient (Wildman–Crippen LogP) is 2.05. The standard InChI is InChI=1S/C13H11F3N4O2/c14-13(15,16)22-11-4-2-1-3-8(11)9-5-10(9)12(21)19-20-6-17-18-7-20/h1-4,6-7,9-10H,5H2,(H,19,21)/t9-,10+/m1/s1. The van der Waals surface area contributed by atoms with Crippen molar-refractivity contribution in [3.63, 3.8) is 0 Å². The summed E-state index contributed by atoms with van der Waals surface area (Å²) < 4.78 is 42.5. The van der Waals surface area contributed by atoms with Crippen LogP contribution in [0.25, 0.3) is 0 Å². The van der Waals surface area contributed by atoms with Crippen LogP contribution in [0.2, 0.25) is 0 Å². The van der Waals surface area contributed by atoms with Crippen LogP contribution in [0.4, 0.5) is 13.2 Å². The molecule has 1 aromatic carbocycles. The van der Waals surface area contributed by atoms with E-state index in [4.69, 9.17) is 0 Å². The van der Waals surface area contributed by atoms with Crippen molar-refractivity contribution in [1.82, 2.24) is 14.9 Å². The Labute approximate surface area is 122 Å². The van der Waals surface area contributed by atoms with Crippen LogP contribution >= 0.6 is 0 Å². The molecule has 2 atom stereocenters. The highest BCUT2D eigenvalue weighted by molar-refractivity contribution is 5.89. The van der Waals surface area contributed by atoms with Crippen LogP contribution < -0.4 is 10.2 Å². The predicted molar refractivity (Wildman–Crippen MR) is 68.4 cm³/mol. The molecule has 1 aromatic heterocycles. The minimum Gasteiger partial charge on any atom is -0.405 e. The van der Waals surface area contributed by atoms with E-state index in [0.29, 0.717) is 12.0 Å². The van der Waals surface area contributed by atoms with Gasteiger partial charge < -0.3 is 4.74 Å². The maximum Gasteiger partial charge on any atom is 0.573 e. The number of nitrogens with zero attached hydrogens (tertiary/aromatic N) is 3. The Balaban J connectivity index is 1.70. The monoisotopic (exact) mass is 312 g/mol. The van der Waals surface area contributed by atoms with Gasteiger partial charge in [-0.05, 0) is 24.0 Å². The quantitative estimate of drug-likeness (QED) is 0.938. The summed E-state index contributed by atoms with van der Waals surface area (Å²) in [6, 6.07) is 5.86. The third kappa shape index (κ3) is 3.18. The molecule has 1 aliphatic rings. The first kappa shape index (κ1) is 14.4. The minimum atomic E-state index is -4.76. The van der Waals surface area contributed by atoms with Gasteiger partial charge in [-0.3, -0.25) is 10.2 Å². The number of ether oxygens (including phenoxy) is 1. The second-order valence-corrected chi connectivity index (χ2v) is 4.88. The van der Waals surface area contributed by atoms with E-state index < -0.39 is 12.3 Å². The number of nitrogens with one attached hydrogen (secondary N) is 1. The molecule has 1 N–H and O–H groups in total. The van der Waals surface area contributed by atoms with Crippen molar-refractivity contribution >= 4 is 5.91 Å². The fourth-order valence-corrected chi connectivity index (χ4v) is 2.30. The number of aromatic nitrogens is 3. The van der Waals surface area contributed by atoms with Gasteiger partial charge in [0.15, 0.2) is 0 Å². The summed E-state index contributed by atoms with van der Waals surface area (Å²) in [4.78, 5) is 12.0. The Hall–Kier alpha value is -2.58. The number of hydrogen-bond donors (Lipinski definition) is 1. The fourth-order valence-electron chi connectivity index (χ4n) is 2.30. The number of amides is 1. The van der Waals surface area contributed by atoms with E-state index in [1.54, 1.807) is 6.07 Å². The van der Waals surface area contributed by atoms with Crippen molar-refractivity contribution in [1.29, 1.82) is 0 Å². The van der Waals surface area contributed by atoms with Crippen molar-refractivity contribution in [2.75, 3.05) is 5.43 Å². The van der Waals surface area contributed by atoms with Crippen LogP contribution in [0.1, 0.15) is 17.9 Å². The third-order valence-corrected chi connectivity index (χ3v) is 3.33. The molecular weight excluding hydrogens is 301 g/mol. The average molecular weight is 312 g/mol. The molecular formula is C13H11F3N4O2. The minimum absolute atomic E-state index is 0.264. The SMILES string of the molecule is O=C(Nn1cnnc1)[C@H]1C[C@@H]1c1ccccc1OC(F)(F)F. The highest BCUT2D eigenvalue weighted by Crippen LogP contribution is 2.51. The lowest BCUT2D eigenvalue weighted by molar-refractivity contribution is -0.274. The van der Waals surface area contributed by atoms with E-state index in [-0.39, 0.29) is 17.6 Å². The number of rotatable bonds is 4. The molecule has 0 aliphatic heterocycles. The molecule has 0 spiro atoms.